The normalized spacial score (nSPS) is 10.7. The molecule has 0 saturated heterocycles. The minimum absolute atomic E-state index is 0.0466. The SMILES string of the molecule is O=C(CCl)n1ccc2cccc(Cl)c21. The Morgan fingerprint density at radius 2 is 2.14 bits per heavy atom. The van der Waals surface area contributed by atoms with E-state index in [0.29, 0.717) is 5.02 Å². The Balaban J connectivity index is 2.73. The molecule has 0 N–H and O–H groups in total. The number of benzene rings is 1. The van der Waals surface area contributed by atoms with E-state index in [1.807, 2.05) is 18.2 Å². The molecule has 0 bridgehead atoms. The molecule has 0 atom stereocenters. The molecule has 0 radical (unpaired) electrons. The summed E-state index contributed by atoms with van der Waals surface area (Å²) in [6, 6.07) is 7.34. The number of aromatic nitrogens is 1. The van der Waals surface area contributed by atoms with Crippen LogP contribution in [0.25, 0.3) is 10.9 Å². The number of hydrogen-bond donors (Lipinski definition) is 0. The van der Waals surface area contributed by atoms with E-state index < -0.39 is 0 Å². The molecule has 2 nitrogen and oxygen atoms in total. The summed E-state index contributed by atoms with van der Waals surface area (Å²) in [6.07, 6.45) is 1.68. The van der Waals surface area contributed by atoms with Gasteiger partial charge in [-0.15, -0.1) is 11.6 Å². The summed E-state index contributed by atoms with van der Waals surface area (Å²) in [7, 11) is 0. The van der Waals surface area contributed by atoms with Gasteiger partial charge in [-0.2, -0.15) is 0 Å². The Hall–Kier alpha value is -0.990. The second-order valence-electron chi connectivity index (χ2n) is 2.89. The molecule has 1 heterocycles. The molecule has 1 aromatic heterocycles. The van der Waals surface area contributed by atoms with Crippen LogP contribution in [0, 0.1) is 0 Å². The van der Waals surface area contributed by atoms with Crippen LogP contribution in [0.3, 0.4) is 0 Å². The molecule has 0 fully saturated rings. The van der Waals surface area contributed by atoms with E-state index in [4.69, 9.17) is 23.2 Å². The van der Waals surface area contributed by atoms with Gasteiger partial charge in [0, 0.05) is 11.6 Å². The van der Waals surface area contributed by atoms with Crippen LogP contribution >= 0.6 is 23.2 Å². The van der Waals surface area contributed by atoms with Crippen LogP contribution in [0.15, 0.2) is 30.5 Å². The van der Waals surface area contributed by atoms with Gasteiger partial charge in [-0.1, -0.05) is 23.7 Å². The Kier molecular flexibility index (Phi) is 2.48. The average Bonchev–Trinajstić information content (AvgIpc) is 2.62. The van der Waals surface area contributed by atoms with Crippen molar-refractivity contribution in [2.75, 3.05) is 5.88 Å². The topological polar surface area (TPSA) is 22.0 Å². The molecular formula is C10H7Cl2NO. The summed E-state index contributed by atoms with van der Waals surface area (Å²) in [4.78, 5) is 11.4. The number of rotatable bonds is 1. The molecule has 72 valence electrons. The number of carbonyl (C=O) groups excluding carboxylic acids is 1. The summed E-state index contributed by atoms with van der Waals surface area (Å²) < 4.78 is 1.48. The minimum Gasteiger partial charge on any atom is -0.285 e. The summed E-state index contributed by atoms with van der Waals surface area (Å²) in [5, 5.41) is 1.50. The largest absolute Gasteiger partial charge is 0.285 e. The van der Waals surface area contributed by atoms with E-state index in [2.05, 4.69) is 0 Å². The molecule has 0 spiro atoms. The fraction of sp³-hybridized carbons (Fsp3) is 0.100. The van der Waals surface area contributed by atoms with E-state index in [1.165, 1.54) is 4.57 Å². The molecule has 2 rings (SSSR count). The number of nitrogens with zero attached hydrogens (tertiary/aromatic N) is 1. The van der Waals surface area contributed by atoms with Gasteiger partial charge in [0.15, 0.2) is 0 Å². The van der Waals surface area contributed by atoms with Crippen LogP contribution in [0.2, 0.25) is 5.02 Å². The highest BCUT2D eigenvalue weighted by Gasteiger charge is 2.09. The first-order valence-electron chi connectivity index (χ1n) is 4.09. The maximum Gasteiger partial charge on any atom is 0.246 e. The molecule has 0 aliphatic heterocycles. The third-order valence-corrected chi connectivity index (χ3v) is 2.58. The quantitative estimate of drug-likeness (QED) is 0.687. The van der Waals surface area contributed by atoms with Crippen molar-refractivity contribution >= 4 is 40.0 Å². The highest BCUT2D eigenvalue weighted by Crippen LogP contribution is 2.24. The van der Waals surface area contributed by atoms with Gasteiger partial charge in [-0.3, -0.25) is 9.36 Å². The Bertz CT molecular complexity index is 490. The summed E-state index contributed by atoms with van der Waals surface area (Å²) in [5.41, 5.74) is 0.722. The first-order chi connectivity index (χ1) is 6.74. The van der Waals surface area contributed by atoms with Gasteiger partial charge < -0.3 is 0 Å². The zero-order chi connectivity index (χ0) is 10.1. The average molecular weight is 228 g/mol. The second kappa shape index (κ2) is 3.64. The van der Waals surface area contributed by atoms with E-state index >= 15 is 0 Å². The second-order valence-corrected chi connectivity index (χ2v) is 3.57. The van der Waals surface area contributed by atoms with Gasteiger partial charge >= 0.3 is 0 Å². The first kappa shape index (κ1) is 9.56. The van der Waals surface area contributed by atoms with E-state index in [-0.39, 0.29) is 11.8 Å². The first-order valence-corrected chi connectivity index (χ1v) is 5.00. The number of halogens is 2. The van der Waals surface area contributed by atoms with Crippen LogP contribution < -0.4 is 0 Å². The molecule has 2 aromatic rings. The van der Waals surface area contributed by atoms with E-state index in [1.54, 1.807) is 12.3 Å². The predicted molar refractivity (Wildman–Crippen MR) is 58.3 cm³/mol. The minimum atomic E-state index is -0.172. The molecule has 0 saturated carbocycles. The van der Waals surface area contributed by atoms with Crippen molar-refractivity contribution < 1.29 is 4.79 Å². The van der Waals surface area contributed by atoms with Crippen LogP contribution in [0.1, 0.15) is 4.79 Å². The number of carbonyl (C=O) groups is 1. The van der Waals surface area contributed by atoms with Gasteiger partial charge in [-0.25, -0.2) is 0 Å². The molecule has 4 heteroatoms. The van der Waals surface area contributed by atoms with Gasteiger partial charge in [0.2, 0.25) is 5.91 Å². The Morgan fingerprint density at radius 3 is 2.86 bits per heavy atom. The van der Waals surface area contributed by atoms with E-state index in [9.17, 15) is 4.79 Å². The van der Waals surface area contributed by atoms with Crippen LogP contribution in [0.5, 0.6) is 0 Å². The summed E-state index contributed by atoms with van der Waals surface area (Å²) in [6.45, 7) is 0. The lowest BCUT2D eigenvalue weighted by Gasteiger charge is -2.01. The standard InChI is InChI=1S/C10H7Cl2NO/c11-6-9(14)13-5-4-7-2-1-3-8(12)10(7)13/h1-5H,6H2. The molecule has 0 unspecified atom stereocenters. The zero-order valence-electron chi connectivity index (χ0n) is 7.21. The maximum atomic E-state index is 11.4. The number of fused-ring (bicyclic) bond motifs is 1. The van der Waals surface area contributed by atoms with Gasteiger partial charge in [-0.05, 0) is 12.1 Å². The predicted octanol–water partition coefficient (Wildman–Crippen LogP) is 3.17. The van der Waals surface area contributed by atoms with Gasteiger partial charge in [0.05, 0.1) is 10.5 Å². The lowest BCUT2D eigenvalue weighted by molar-refractivity contribution is 0.0945. The molecule has 0 aliphatic rings. The van der Waals surface area contributed by atoms with Crippen molar-refractivity contribution in [1.29, 1.82) is 0 Å². The van der Waals surface area contributed by atoms with Gasteiger partial charge in [0.1, 0.15) is 5.88 Å². The fourth-order valence-electron chi connectivity index (χ4n) is 1.42. The number of alkyl halides is 1. The highest BCUT2D eigenvalue weighted by atomic mass is 35.5. The van der Waals surface area contributed by atoms with Crippen molar-refractivity contribution in [3.63, 3.8) is 0 Å². The molecule has 1 aromatic carbocycles. The van der Waals surface area contributed by atoms with Crippen LogP contribution in [0.4, 0.5) is 0 Å². The molecular weight excluding hydrogens is 221 g/mol. The third-order valence-electron chi connectivity index (χ3n) is 2.05. The van der Waals surface area contributed by atoms with Crippen LogP contribution in [-0.4, -0.2) is 16.4 Å². The van der Waals surface area contributed by atoms with Gasteiger partial charge in [0.25, 0.3) is 0 Å². The van der Waals surface area contributed by atoms with Crippen molar-refractivity contribution in [1.82, 2.24) is 4.57 Å². The lowest BCUT2D eigenvalue weighted by atomic mass is 10.2. The number of hydrogen-bond acceptors (Lipinski definition) is 1. The smallest absolute Gasteiger partial charge is 0.246 e. The third kappa shape index (κ3) is 1.41. The summed E-state index contributed by atoms with van der Waals surface area (Å²) >= 11 is 11.5. The Labute approximate surface area is 91.0 Å². The molecule has 0 amide bonds. The number of para-hydroxylation sites is 1. The van der Waals surface area contributed by atoms with Crippen LogP contribution in [-0.2, 0) is 0 Å². The lowest BCUT2D eigenvalue weighted by Crippen LogP contribution is -2.10. The highest BCUT2D eigenvalue weighted by molar-refractivity contribution is 6.36. The summed E-state index contributed by atoms with van der Waals surface area (Å²) in [5.74, 6) is -0.218. The molecule has 14 heavy (non-hydrogen) atoms. The Morgan fingerprint density at radius 1 is 1.36 bits per heavy atom. The zero-order valence-corrected chi connectivity index (χ0v) is 8.72. The van der Waals surface area contributed by atoms with Crippen molar-refractivity contribution in [3.05, 3.63) is 35.5 Å². The monoisotopic (exact) mass is 227 g/mol. The fourth-order valence-corrected chi connectivity index (χ4v) is 1.82. The van der Waals surface area contributed by atoms with Crippen molar-refractivity contribution in [2.45, 2.75) is 0 Å². The molecule has 0 aliphatic carbocycles. The van der Waals surface area contributed by atoms with Crippen molar-refractivity contribution in [3.8, 4) is 0 Å². The maximum absolute atomic E-state index is 11.4. The van der Waals surface area contributed by atoms with Crippen molar-refractivity contribution in [2.24, 2.45) is 0 Å². The van der Waals surface area contributed by atoms with E-state index in [0.717, 1.165) is 10.9 Å².